The molecule has 1 aromatic heterocycles. The largest absolute Gasteiger partial charge is 0.335 e. The summed E-state index contributed by atoms with van der Waals surface area (Å²) >= 11 is 0. The SMILES string of the molecule is O=C1NC(c2cnn(-c3ccccc3)c2)N2CCCCC12. The highest BCUT2D eigenvalue weighted by atomic mass is 16.2. The zero-order chi connectivity index (χ0) is 14.2. The van der Waals surface area contributed by atoms with Crippen LogP contribution >= 0.6 is 0 Å². The molecule has 2 atom stereocenters. The molecule has 0 radical (unpaired) electrons. The van der Waals surface area contributed by atoms with E-state index in [0.29, 0.717) is 0 Å². The van der Waals surface area contributed by atoms with E-state index in [9.17, 15) is 4.79 Å². The van der Waals surface area contributed by atoms with Gasteiger partial charge in [0, 0.05) is 18.3 Å². The van der Waals surface area contributed by atoms with Gasteiger partial charge in [0.1, 0.15) is 6.17 Å². The van der Waals surface area contributed by atoms with Crippen LogP contribution in [0.15, 0.2) is 42.7 Å². The predicted molar refractivity (Wildman–Crippen MR) is 78.8 cm³/mol. The van der Waals surface area contributed by atoms with E-state index in [-0.39, 0.29) is 18.1 Å². The molecule has 0 spiro atoms. The van der Waals surface area contributed by atoms with Gasteiger partial charge in [-0.15, -0.1) is 0 Å². The first kappa shape index (κ1) is 12.6. The third kappa shape index (κ3) is 2.14. The molecule has 2 aliphatic rings. The second-order valence-electron chi connectivity index (χ2n) is 5.71. The summed E-state index contributed by atoms with van der Waals surface area (Å²) in [4.78, 5) is 14.4. The van der Waals surface area contributed by atoms with Gasteiger partial charge in [-0.3, -0.25) is 9.69 Å². The molecule has 1 N–H and O–H groups in total. The fourth-order valence-corrected chi connectivity index (χ4v) is 3.33. The third-order valence-electron chi connectivity index (χ3n) is 4.40. The number of rotatable bonds is 2. The van der Waals surface area contributed by atoms with Crippen LogP contribution in [0.25, 0.3) is 5.69 Å². The topological polar surface area (TPSA) is 50.2 Å². The maximum Gasteiger partial charge on any atom is 0.238 e. The van der Waals surface area contributed by atoms with E-state index in [2.05, 4.69) is 15.3 Å². The first-order valence-electron chi connectivity index (χ1n) is 7.49. The van der Waals surface area contributed by atoms with Gasteiger partial charge in [0.2, 0.25) is 5.91 Å². The summed E-state index contributed by atoms with van der Waals surface area (Å²) in [5.74, 6) is 0.159. The number of hydrogen-bond acceptors (Lipinski definition) is 3. The van der Waals surface area contributed by atoms with Crippen molar-refractivity contribution >= 4 is 5.91 Å². The number of nitrogens with one attached hydrogen (secondary N) is 1. The summed E-state index contributed by atoms with van der Waals surface area (Å²) in [5, 5.41) is 7.54. The Bertz CT molecular complexity index is 651. The van der Waals surface area contributed by atoms with Crippen molar-refractivity contribution in [3.05, 3.63) is 48.3 Å². The molecular weight excluding hydrogens is 264 g/mol. The van der Waals surface area contributed by atoms with Gasteiger partial charge in [-0.2, -0.15) is 5.10 Å². The molecule has 2 saturated heterocycles. The predicted octanol–water partition coefficient (Wildman–Crippen LogP) is 1.86. The van der Waals surface area contributed by atoms with Gasteiger partial charge in [0.15, 0.2) is 0 Å². The van der Waals surface area contributed by atoms with E-state index in [1.165, 1.54) is 0 Å². The lowest BCUT2D eigenvalue weighted by Crippen LogP contribution is -2.38. The van der Waals surface area contributed by atoms with Crippen molar-refractivity contribution < 1.29 is 4.79 Å². The summed E-state index contributed by atoms with van der Waals surface area (Å²) < 4.78 is 1.86. The van der Waals surface area contributed by atoms with Crippen LogP contribution in [0.3, 0.4) is 0 Å². The maximum atomic E-state index is 12.1. The summed E-state index contributed by atoms with van der Waals surface area (Å²) in [7, 11) is 0. The molecule has 5 heteroatoms. The van der Waals surface area contributed by atoms with E-state index in [0.717, 1.165) is 37.1 Å². The van der Waals surface area contributed by atoms with E-state index in [1.807, 2.05) is 47.4 Å². The van der Waals surface area contributed by atoms with Gasteiger partial charge in [-0.1, -0.05) is 24.6 Å². The quantitative estimate of drug-likeness (QED) is 0.914. The Morgan fingerprint density at radius 3 is 2.90 bits per heavy atom. The van der Waals surface area contributed by atoms with E-state index in [4.69, 9.17) is 0 Å². The average Bonchev–Trinajstić information content (AvgIpc) is 3.14. The normalized spacial score (nSPS) is 25.6. The standard InChI is InChI=1S/C16H18N4O/c21-16-14-8-4-5-9-19(14)15(18-16)12-10-17-20(11-12)13-6-2-1-3-7-13/h1-3,6-7,10-11,14-15H,4-5,8-9H2,(H,18,21). The van der Waals surface area contributed by atoms with Crippen molar-refractivity contribution in [3.63, 3.8) is 0 Å². The Hall–Kier alpha value is -2.14. The van der Waals surface area contributed by atoms with Crippen molar-refractivity contribution in [2.75, 3.05) is 6.54 Å². The third-order valence-corrected chi connectivity index (χ3v) is 4.40. The molecule has 2 fully saturated rings. The summed E-state index contributed by atoms with van der Waals surface area (Å²) in [6, 6.07) is 10.1. The average molecular weight is 282 g/mol. The fourth-order valence-electron chi connectivity index (χ4n) is 3.33. The van der Waals surface area contributed by atoms with Crippen molar-refractivity contribution in [2.45, 2.75) is 31.5 Å². The van der Waals surface area contributed by atoms with E-state index in [1.54, 1.807) is 0 Å². The van der Waals surface area contributed by atoms with Crippen LogP contribution in [0.2, 0.25) is 0 Å². The van der Waals surface area contributed by atoms with Crippen LogP contribution in [-0.4, -0.2) is 33.2 Å². The lowest BCUT2D eigenvalue weighted by Gasteiger charge is -2.30. The van der Waals surface area contributed by atoms with E-state index < -0.39 is 0 Å². The highest BCUT2D eigenvalue weighted by Crippen LogP contribution is 2.32. The minimum atomic E-state index is -0.0275. The van der Waals surface area contributed by atoms with Gasteiger partial charge in [0.05, 0.1) is 17.9 Å². The van der Waals surface area contributed by atoms with Gasteiger partial charge in [-0.05, 0) is 25.0 Å². The van der Waals surface area contributed by atoms with Crippen LogP contribution in [0, 0.1) is 0 Å². The number of piperidine rings is 1. The van der Waals surface area contributed by atoms with Gasteiger partial charge in [0.25, 0.3) is 0 Å². The number of para-hydroxylation sites is 1. The summed E-state index contributed by atoms with van der Waals surface area (Å²) in [5.41, 5.74) is 2.08. The van der Waals surface area contributed by atoms with Crippen molar-refractivity contribution in [2.24, 2.45) is 0 Å². The minimum Gasteiger partial charge on any atom is -0.335 e. The summed E-state index contributed by atoms with van der Waals surface area (Å²) in [6.45, 7) is 0.977. The van der Waals surface area contributed by atoms with Crippen LogP contribution < -0.4 is 5.32 Å². The number of aromatic nitrogens is 2. The van der Waals surface area contributed by atoms with Crippen molar-refractivity contribution in [1.82, 2.24) is 20.0 Å². The zero-order valence-corrected chi connectivity index (χ0v) is 11.8. The molecule has 2 unspecified atom stereocenters. The van der Waals surface area contributed by atoms with Crippen LogP contribution in [0.4, 0.5) is 0 Å². The molecule has 108 valence electrons. The van der Waals surface area contributed by atoms with Crippen molar-refractivity contribution in [3.8, 4) is 5.69 Å². The number of benzene rings is 1. The Kier molecular flexibility index (Phi) is 3.00. The monoisotopic (exact) mass is 282 g/mol. The number of fused-ring (bicyclic) bond motifs is 1. The fraction of sp³-hybridized carbons (Fsp3) is 0.375. The Morgan fingerprint density at radius 2 is 2.05 bits per heavy atom. The zero-order valence-electron chi connectivity index (χ0n) is 11.8. The molecule has 4 rings (SSSR count). The first-order valence-corrected chi connectivity index (χ1v) is 7.49. The molecule has 2 aliphatic heterocycles. The molecule has 1 amide bonds. The second-order valence-corrected chi connectivity index (χ2v) is 5.71. The number of carbonyl (C=O) groups is 1. The maximum absolute atomic E-state index is 12.1. The van der Waals surface area contributed by atoms with Crippen LogP contribution in [0.5, 0.6) is 0 Å². The molecule has 0 bridgehead atoms. The summed E-state index contributed by atoms with van der Waals surface area (Å²) in [6.07, 6.45) is 7.11. The first-order chi connectivity index (χ1) is 10.3. The van der Waals surface area contributed by atoms with Crippen LogP contribution in [0.1, 0.15) is 31.0 Å². The molecule has 21 heavy (non-hydrogen) atoms. The number of carbonyl (C=O) groups excluding carboxylic acids is 1. The van der Waals surface area contributed by atoms with Gasteiger partial charge < -0.3 is 5.32 Å². The lowest BCUT2D eigenvalue weighted by molar-refractivity contribution is -0.122. The Morgan fingerprint density at radius 1 is 1.19 bits per heavy atom. The molecule has 3 heterocycles. The highest BCUT2D eigenvalue weighted by Gasteiger charge is 2.41. The second kappa shape index (κ2) is 5.00. The number of amides is 1. The Labute approximate surface area is 123 Å². The molecule has 0 saturated carbocycles. The molecule has 0 aliphatic carbocycles. The molecular formula is C16H18N4O. The van der Waals surface area contributed by atoms with E-state index >= 15 is 0 Å². The van der Waals surface area contributed by atoms with Crippen LogP contribution in [-0.2, 0) is 4.79 Å². The van der Waals surface area contributed by atoms with Gasteiger partial charge >= 0.3 is 0 Å². The molecule has 5 nitrogen and oxygen atoms in total. The smallest absolute Gasteiger partial charge is 0.238 e. The number of hydrogen-bond donors (Lipinski definition) is 1. The van der Waals surface area contributed by atoms with Crippen molar-refractivity contribution in [1.29, 1.82) is 0 Å². The lowest BCUT2D eigenvalue weighted by atomic mass is 10.0. The molecule has 1 aromatic carbocycles. The highest BCUT2D eigenvalue weighted by molar-refractivity contribution is 5.84. The number of nitrogens with zero attached hydrogens (tertiary/aromatic N) is 3. The molecule has 2 aromatic rings. The minimum absolute atomic E-state index is 0.0275. The van der Waals surface area contributed by atoms with Gasteiger partial charge in [-0.25, -0.2) is 4.68 Å². The Balaban J connectivity index is 1.62.